The van der Waals surface area contributed by atoms with Crippen LogP contribution in [0.5, 0.6) is 5.75 Å². The Hall–Kier alpha value is -3.01. The van der Waals surface area contributed by atoms with Gasteiger partial charge in [0.15, 0.2) is 5.82 Å². The first kappa shape index (κ1) is 18.8. The maximum absolute atomic E-state index is 12.1. The third-order valence-corrected chi connectivity index (χ3v) is 4.06. The number of hydrogen-bond acceptors (Lipinski definition) is 5. The van der Waals surface area contributed by atoms with Gasteiger partial charge in [0, 0.05) is 11.3 Å². The van der Waals surface area contributed by atoms with Crippen molar-refractivity contribution in [1.29, 1.82) is 0 Å². The fraction of sp³-hybridized carbons (Fsp3) is 0.118. The number of thioether (sulfide) groups is 1. The van der Waals surface area contributed by atoms with Crippen molar-refractivity contribution in [2.75, 3.05) is 11.1 Å². The van der Waals surface area contributed by atoms with Crippen molar-refractivity contribution >= 4 is 23.4 Å². The molecule has 0 unspecified atom stereocenters. The van der Waals surface area contributed by atoms with Crippen LogP contribution in [-0.2, 0) is 4.79 Å². The van der Waals surface area contributed by atoms with Gasteiger partial charge in [0.25, 0.3) is 0 Å². The highest BCUT2D eigenvalue weighted by atomic mass is 32.2. The number of ether oxygens (including phenoxy) is 1. The standard InChI is InChI=1S/C17H13F3N4O2S/c18-17(19,20)26-13-8-6-12(7-9-13)21-14(25)10-27-16-22-15(23-24-16)11-4-2-1-3-5-11/h1-9H,10H2,(H,21,25)(H,22,23,24). The first-order valence-electron chi connectivity index (χ1n) is 7.65. The topological polar surface area (TPSA) is 79.9 Å². The van der Waals surface area contributed by atoms with Crippen molar-refractivity contribution in [3.63, 3.8) is 0 Å². The molecule has 0 fully saturated rings. The van der Waals surface area contributed by atoms with Gasteiger partial charge in [0.2, 0.25) is 11.1 Å². The molecule has 6 nitrogen and oxygen atoms in total. The van der Waals surface area contributed by atoms with Crippen LogP contribution in [0.25, 0.3) is 11.4 Å². The number of nitrogens with zero attached hydrogens (tertiary/aromatic N) is 2. The first-order valence-corrected chi connectivity index (χ1v) is 8.64. The number of H-pyrrole nitrogens is 1. The van der Waals surface area contributed by atoms with Crippen LogP contribution in [0.4, 0.5) is 18.9 Å². The molecule has 0 atom stereocenters. The lowest BCUT2D eigenvalue weighted by molar-refractivity contribution is -0.274. The average molecular weight is 394 g/mol. The highest BCUT2D eigenvalue weighted by Gasteiger charge is 2.30. The summed E-state index contributed by atoms with van der Waals surface area (Å²) in [5.74, 6) is -0.0503. The van der Waals surface area contributed by atoms with E-state index in [0.29, 0.717) is 16.7 Å². The monoisotopic (exact) mass is 394 g/mol. The molecule has 0 bridgehead atoms. The van der Waals surface area contributed by atoms with Crippen molar-refractivity contribution in [3.05, 3.63) is 54.6 Å². The van der Waals surface area contributed by atoms with Gasteiger partial charge in [-0.3, -0.25) is 9.89 Å². The van der Waals surface area contributed by atoms with Crippen LogP contribution in [0.3, 0.4) is 0 Å². The molecule has 1 heterocycles. The number of anilines is 1. The van der Waals surface area contributed by atoms with Crippen LogP contribution in [-0.4, -0.2) is 33.2 Å². The summed E-state index contributed by atoms with van der Waals surface area (Å²) in [7, 11) is 0. The van der Waals surface area contributed by atoms with Crippen LogP contribution >= 0.6 is 11.8 Å². The molecular weight excluding hydrogens is 381 g/mol. The number of aromatic nitrogens is 3. The van der Waals surface area contributed by atoms with Crippen molar-refractivity contribution in [1.82, 2.24) is 15.2 Å². The smallest absolute Gasteiger partial charge is 0.406 e. The van der Waals surface area contributed by atoms with Gasteiger partial charge in [-0.1, -0.05) is 42.1 Å². The number of hydrogen-bond donors (Lipinski definition) is 2. The molecule has 27 heavy (non-hydrogen) atoms. The van der Waals surface area contributed by atoms with Gasteiger partial charge in [-0.2, -0.15) is 0 Å². The van der Waals surface area contributed by atoms with Gasteiger partial charge in [0.05, 0.1) is 5.75 Å². The van der Waals surface area contributed by atoms with Gasteiger partial charge in [-0.25, -0.2) is 4.98 Å². The van der Waals surface area contributed by atoms with Crippen LogP contribution in [0.2, 0.25) is 0 Å². The minimum Gasteiger partial charge on any atom is -0.406 e. The van der Waals surface area contributed by atoms with Crippen LogP contribution in [0, 0.1) is 0 Å². The highest BCUT2D eigenvalue weighted by molar-refractivity contribution is 7.99. The Kier molecular flexibility index (Phi) is 5.65. The molecule has 0 saturated carbocycles. The summed E-state index contributed by atoms with van der Waals surface area (Å²) in [6.45, 7) is 0. The van der Waals surface area contributed by atoms with Gasteiger partial charge < -0.3 is 10.1 Å². The second-order valence-corrected chi connectivity index (χ2v) is 6.18. The Labute approximate surface area is 156 Å². The van der Waals surface area contributed by atoms with Crippen molar-refractivity contribution in [2.45, 2.75) is 11.5 Å². The van der Waals surface area contributed by atoms with E-state index in [2.05, 4.69) is 25.2 Å². The maximum Gasteiger partial charge on any atom is 0.573 e. The van der Waals surface area contributed by atoms with E-state index < -0.39 is 6.36 Å². The fourth-order valence-corrected chi connectivity index (χ4v) is 2.70. The minimum atomic E-state index is -4.75. The van der Waals surface area contributed by atoms with Crippen LogP contribution in [0.1, 0.15) is 0 Å². The number of alkyl halides is 3. The molecule has 2 aromatic carbocycles. The number of benzene rings is 2. The molecule has 0 aliphatic heterocycles. The fourth-order valence-electron chi connectivity index (χ4n) is 2.10. The van der Waals surface area contributed by atoms with Crippen LogP contribution < -0.4 is 10.1 Å². The predicted octanol–water partition coefficient (Wildman–Crippen LogP) is 4.10. The molecule has 3 rings (SSSR count). The summed E-state index contributed by atoms with van der Waals surface area (Å²) in [6.07, 6.45) is -4.75. The lowest BCUT2D eigenvalue weighted by Gasteiger charge is -2.09. The van der Waals surface area contributed by atoms with Gasteiger partial charge >= 0.3 is 6.36 Å². The van der Waals surface area contributed by atoms with Crippen molar-refractivity contribution < 1.29 is 22.7 Å². The Bertz CT molecular complexity index is 899. The third-order valence-electron chi connectivity index (χ3n) is 3.22. The second-order valence-electron chi connectivity index (χ2n) is 5.24. The number of amides is 1. The normalized spacial score (nSPS) is 11.2. The summed E-state index contributed by atoms with van der Waals surface area (Å²) in [5, 5.41) is 9.83. The average Bonchev–Trinajstić information content (AvgIpc) is 3.10. The van der Waals surface area contributed by atoms with Crippen molar-refractivity contribution in [2.24, 2.45) is 0 Å². The van der Waals surface area contributed by atoms with E-state index in [1.165, 1.54) is 12.1 Å². The summed E-state index contributed by atoms with van der Waals surface area (Å²) in [6, 6.07) is 14.3. The third kappa shape index (κ3) is 5.74. The summed E-state index contributed by atoms with van der Waals surface area (Å²) in [4.78, 5) is 16.3. The lowest BCUT2D eigenvalue weighted by atomic mass is 10.2. The number of halogens is 3. The maximum atomic E-state index is 12.1. The molecule has 0 saturated heterocycles. The summed E-state index contributed by atoms with van der Waals surface area (Å²) < 4.78 is 40.1. The van der Waals surface area contributed by atoms with Gasteiger partial charge in [-0.15, -0.1) is 18.3 Å². The number of carbonyl (C=O) groups excluding carboxylic acids is 1. The summed E-state index contributed by atoms with van der Waals surface area (Å²) >= 11 is 1.14. The largest absolute Gasteiger partial charge is 0.573 e. The molecule has 3 aromatic rings. The van der Waals surface area contributed by atoms with Crippen LogP contribution in [0.15, 0.2) is 59.8 Å². The van der Waals surface area contributed by atoms with E-state index in [0.717, 1.165) is 29.5 Å². The molecule has 0 spiro atoms. The summed E-state index contributed by atoms with van der Waals surface area (Å²) in [5.41, 5.74) is 1.23. The molecule has 0 radical (unpaired) electrons. The zero-order valence-corrected chi connectivity index (χ0v) is 14.5. The number of nitrogens with one attached hydrogen (secondary N) is 2. The number of aromatic amines is 1. The molecule has 2 N–H and O–H groups in total. The SMILES string of the molecule is O=C(CSc1n[nH]c(-c2ccccc2)n1)Nc1ccc(OC(F)(F)F)cc1. The molecule has 1 aromatic heterocycles. The molecule has 10 heteroatoms. The second kappa shape index (κ2) is 8.12. The Balaban J connectivity index is 1.51. The number of rotatable bonds is 6. The Morgan fingerprint density at radius 3 is 2.48 bits per heavy atom. The molecule has 0 aliphatic rings. The molecule has 140 valence electrons. The molecule has 0 aliphatic carbocycles. The first-order chi connectivity index (χ1) is 12.9. The Morgan fingerprint density at radius 1 is 1.11 bits per heavy atom. The number of carbonyl (C=O) groups is 1. The lowest BCUT2D eigenvalue weighted by Crippen LogP contribution is -2.17. The Morgan fingerprint density at radius 2 is 1.81 bits per heavy atom. The van der Waals surface area contributed by atoms with Gasteiger partial charge in [0.1, 0.15) is 5.75 Å². The molecular formula is C17H13F3N4O2S. The van der Waals surface area contributed by atoms with E-state index >= 15 is 0 Å². The predicted molar refractivity (Wildman–Crippen MR) is 94.3 cm³/mol. The van der Waals surface area contributed by atoms with E-state index in [4.69, 9.17) is 0 Å². The van der Waals surface area contributed by atoms with E-state index in [9.17, 15) is 18.0 Å². The van der Waals surface area contributed by atoms with E-state index in [-0.39, 0.29) is 17.4 Å². The zero-order chi connectivity index (χ0) is 19.3. The molecule has 1 amide bonds. The van der Waals surface area contributed by atoms with Crippen molar-refractivity contribution in [3.8, 4) is 17.1 Å². The quantitative estimate of drug-likeness (QED) is 0.616. The zero-order valence-electron chi connectivity index (χ0n) is 13.7. The minimum absolute atomic E-state index is 0.0485. The highest BCUT2D eigenvalue weighted by Crippen LogP contribution is 2.24. The van der Waals surface area contributed by atoms with Gasteiger partial charge in [-0.05, 0) is 24.3 Å². The van der Waals surface area contributed by atoms with E-state index in [1.807, 2.05) is 30.3 Å². The van der Waals surface area contributed by atoms with E-state index in [1.54, 1.807) is 0 Å².